The van der Waals surface area contributed by atoms with Gasteiger partial charge in [0.05, 0.1) is 18.4 Å². The normalized spacial score (nSPS) is 13.7. The minimum absolute atomic E-state index is 0.0876. The van der Waals surface area contributed by atoms with Crippen molar-refractivity contribution in [2.45, 2.75) is 6.42 Å². The molecule has 0 aliphatic carbocycles. The number of para-hydroxylation sites is 2. The number of carbonyl (C=O) groups excluding carboxylic acids is 1. The minimum Gasteiger partial charge on any atom is -0.495 e. The molecule has 0 aromatic heterocycles. The summed E-state index contributed by atoms with van der Waals surface area (Å²) in [5.74, 6) is 0.794. The number of ether oxygens (including phenoxy) is 1. The molecule has 0 saturated carbocycles. The van der Waals surface area contributed by atoms with Crippen LogP contribution in [0.25, 0.3) is 0 Å². The number of amides is 1. The number of methoxy groups -OCH3 is 1. The quantitative estimate of drug-likeness (QED) is 0.561. The summed E-state index contributed by atoms with van der Waals surface area (Å²) < 4.78 is 5.52. The Morgan fingerprint density at radius 3 is 2.28 bits per heavy atom. The van der Waals surface area contributed by atoms with Crippen molar-refractivity contribution < 1.29 is 9.53 Å². The van der Waals surface area contributed by atoms with Gasteiger partial charge < -0.3 is 25.6 Å². The second-order valence-corrected chi connectivity index (χ2v) is 7.91. The fourth-order valence-electron chi connectivity index (χ4n) is 4.15. The first-order chi connectivity index (χ1) is 15.7. The number of nitrogens with one attached hydrogen (secondary N) is 1. The molecular formula is C26H30N4O2. The molecule has 0 unspecified atom stereocenters. The van der Waals surface area contributed by atoms with E-state index < -0.39 is 0 Å². The standard InChI is InChI=1S/C26H30N4O2/c1-32-25-10-6-5-9-24(25)30-17-15-29(16-18-30)23-12-11-21(27)19-22(23)26(31)28-14-13-20-7-3-2-4-8-20/h2-12,19H,13-18,27H2,1H3,(H,28,31). The maximum Gasteiger partial charge on any atom is 0.253 e. The number of piperazine rings is 1. The van der Waals surface area contributed by atoms with E-state index >= 15 is 0 Å². The highest BCUT2D eigenvalue weighted by Crippen LogP contribution is 2.30. The Bertz CT molecular complexity index is 1050. The van der Waals surface area contributed by atoms with E-state index in [1.165, 1.54) is 5.56 Å². The van der Waals surface area contributed by atoms with Crippen LogP contribution in [-0.4, -0.2) is 45.7 Å². The molecule has 0 radical (unpaired) electrons. The van der Waals surface area contributed by atoms with Gasteiger partial charge in [0.25, 0.3) is 5.91 Å². The van der Waals surface area contributed by atoms with Gasteiger partial charge in [-0.1, -0.05) is 42.5 Å². The number of benzene rings is 3. The first-order valence-corrected chi connectivity index (χ1v) is 11.0. The van der Waals surface area contributed by atoms with Gasteiger partial charge in [-0.05, 0) is 42.3 Å². The largest absolute Gasteiger partial charge is 0.495 e. The molecule has 6 nitrogen and oxygen atoms in total. The van der Waals surface area contributed by atoms with Gasteiger partial charge in [0.1, 0.15) is 5.75 Å². The molecule has 0 spiro atoms. The van der Waals surface area contributed by atoms with E-state index in [1.807, 2.05) is 48.5 Å². The van der Waals surface area contributed by atoms with Crippen molar-refractivity contribution >= 4 is 23.0 Å². The summed E-state index contributed by atoms with van der Waals surface area (Å²) in [6.45, 7) is 3.90. The van der Waals surface area contributed by atoms with Gasteiger partial charge in [-0.2, -0.15) is 0 Å². The molecular weight excluding hydrogens is 400 g/mol. The van der Waals surface area contributed by atoms with E-state index in [1.54, 1.807) is 13.2 Å². The molecule has 3 aromatic carbocycles. The Hall–Kier alpha value is -3.67. The van der Waals surface area contributed by atoms with Crippen molar-refractivity contribution in [3.05, 3.63) is 83.9 Å². The summed E-state index contributed by atoms with van der Waals surface area (Å²) in [7, 11) is 1.70. The number of nitrogens with zero attached hydrogens (tertiary/aromatic N) is 2. The molecule has 1 fully saturated rings. The van der Waals surface area contributed by atoms with Crippen LogP contribution < -0.4 is 25.6 Å². The molecule has 0 bridgehead atoms. The van der Waals surface area contributed by atoms with E-state index in [0.717, 1.165) is 49.7 Å². The number of nitrogen functional groups attached to an aromatic ring is 1. The van der Waals surface area contributed by atoms with Gasteiger partial charge in [-0.25, -0.2) is 0 Å². The van der Waals surface area contributed by atoms with Crippen molar-refractivity contribution in [2.75, 3.05) is 55.4 Å². The number of anilines is 3. The number of hydrogen-bond acceptors (Lipinski definition) is 5. The van der Waals surface area contributed by atoms with Crippen LogP contribution in [0.2, 0.25) is 0 Å². The predicted octanol–water partition coefficient (Wildman–Crippen LogP) is 3.58. The lowest BCUT2D eigenvalue weighted by Crippen LogP contribution is -2.47. The van der Waals surface area contributed by atoms with Crippen molar-refractivity contribution in [3.63, 3.8) is 0 Å². The minimum atomic E-state index is -0.0876. The third kappa shape index (κ3) is 4.97. The maximum atomic E-state index is 13.0. The lowest BCUT2D eigenvalue weighted by atomic mass is 10.1. The molecule has 166 valence electrons. The molecule has 3 aromatic rings. The lowest BCUT2D eigenvalue weighted by Gasteiger charge is -2.38. The first kappa shape index (κ1) is 21.6. The van der Waals surface area contributed by atoms with Crippen molar-refractivity contribution in [2.24, 2.45) is 0 Å². The molecule has 1 amide bonds. The summed E-state index contributed by atoms with van der Waals surface area (Å²) in [6, 6.07) is 23.8. The van der Waals surface area contributed by atoms with Gasteiger partial charge in [-0.15, -0.1) is 0 Å². The van der Waals surface area contributed by atoms with Crippen LogP contribution in [0.15, 0.2) is 72.8 Å². The van der Waals surface area contributed by atoms with Gasteiger partial charge in [0, 0.05) is 44.1 Å². The summed E-state index contributed by atoms with van der Waals surface area (Å²) in [4.78, 5) is 17.6. The SMILES string of the molecule is COc1ccccc1N1CCN(c2ccc(N)cc2C(=O)NCCc2ccccc2)CC1. The zero-order chi connectivity index (χ0) is 22.3. The molecule has 6 heteroatoms. The van der Waals surface area contributed by atoms with Crippen molar-refractivity contribution in [1.29, 1.82) is 0 Å². The number of carbonyl (C=O) groups is 1. The average molecular weight is 431 g/mol. The fourth-order valence-corrected chi connectivity index (χ4v) is 4.15. The molecule has 1 heterocycles. The Labute approximate surface area is 189 Å². The smallest absolute Gasteiger partial charge is 0.253 e. The fraction of sp³-hybridized carbons (Fsp3) is 0.269. The maximum absolute atomic E-state index is 13.0. The van der Waals surface area contributed by atoms with Crippen LogP contribution in [0.4, 0.5) is 17.1 Å². The summed E-state index contributed by atoms with van der Waals surface area (Å²) in [5.41, 5.74) is 10.5. The average Bonchev–Trinajstić information content (AvgIpc) is 2.84. The summed E-state index contributed by atoms with van der Waals surface area (Å²) in [6.07, 6.45) is 0.793. The topological polar surface area (TPSA) is 70.8 Å². The molecule has 1 aliphatic rings. The molecule has 4 rings (SSSR count). The monoisotopic (exact) mass is 430 g/mol. The third-order valence-corrected chi connectivity index (χ3v) is 5.85. The van der Waals surface area contributed by atoms with Crippen molar-refractivity contribution in [3.8, 4) is 5.75 Å². The van der Waals surface area contributed by atoms with Gasteiger partial charge >= 0.3 is 0 Å². The molecule has 3 N–H and O–H groups in total. The zero-order valence-corrected chi connectivity index (χ0v) is 18.5. The van der Waals surface area contributed by atoms with Gasteiger partial charge in [0.15, 0.2) is 0 Å². The molecule has 0 atom stereocenters. The Balaban J connectivity index is 1.42. The zero-order valence-electron chi connectivity index (χ0n) is 18.5. The van der Waals surface area contributed by atoms with Gasteiger partial charge in [0.2, 0.25) is 0 Å². The Morgan fingerprint density at radius 1 is 0.906 bits per heavy atom. The Kier molecular flexibility index (Phi) is 6.80. The van der Waals surface area contributed by atoms with E-state index in [9.17, 15) is 4.79 Å². The van der Waals surface area contributed by atoms with E-state index in [2.05, 4.69) is 33.3 Å². The van der Waals surface area contributed by atoms with E-state index in [0.29, 0.717) is 17.8 Å². The third-order valence-electron chi connectivity index (χ3n) is 5.85. The van der Waals surface area contributed by atoms with E-state index in [-0.39, 0.29) is 5.91 Å². The van der Waals surface area contributed by atoms with Crippen LogP contribution in [0.1, 0.15) is 15.9 Å². The number of nitrogens with two attached hydrogens (primary N) is 1. The second kappa shape index (κ2) is 10.1. The molecule has 1 saturated heterocycles. The van der Waals surface area contributed by atoms with Gasteiger partial charge in [-0.3, -0.25) is 4.79 Å². The first-order valence-electron chi connectivity index (χ1n) is 11.0. The highest BCUT2D eigenvalue weighted by atomic mass is 16.5. The number of rotatable bonds is 7. The van der Waals surface area contributed by atoms with Crippen LogP contribution in [0.3, 0.4) is 0 Å². The second-order valence-electron chi connectivity index (χ2n) is 7.91. The predicted molar refractivity (Wildman–Crippen MR) is 131 cm³/mol. The van der Waals surface area contributed by atoms with Crippen LogP contribution in [0.5, 0.6) is 5.75 Å². The molecule has 32 heavy (non-hydrogen) atoms. The lowest BCUT2D eigenvalue weighted by molar-refractivity contribution is 0.0954. The summed E-state index contributed by atoms with van der Waals surface area (Å²) in [5, 5.41) is 3.06. The highest BCUT2D eigenvalue weighted by Gasteiger charge is 2.23. The van der Waals surface area contributed by atoms with Crippen molar-refractivity contribution in [1.82, 2.24) is 5.32 Å². The van der Waals surface area contributed by atoms with E-state index in [4.69, 9.17) is 10.5 Å². The molecule has 1 aliphatic heterocycles. The Morgan fingerprint density at radius 2 is 1.56 bits per heavy atom. The summed E-state index contributed by atoms with van der Waals surface area (Å²) >= 11 is 0. The van der Waals surface area contributed by atoms with Crippen LogP contribution in [0, 0.1) is 0 Å². The highest BCUT2D eigenvalue weighted by molar-refractivity contribution is 6.00. The van der Waals surface area contributed by atoms with Crippen LogP contribution in [-0.2, 0) is 6.42 Å². The number of hydrogen-bond donors (Lipinski definition) is 2. The van der Waals surface area contributed by atoms with Crippen LogP contribution >= 0.6 is 0 Å².